The SMILES string of the molecule is C[C@@](CCn1cnc2cc(-c3ccc(CCO)cc3)c(F)cc2c1=O)(C(N)=O)S(C)(=O)=O. The van der Waals surface area contributed by atoms with Crippen LogP contribution < -0.4 is 11.3 Å². The molecule has 0 spiro atoms. The van der Waals surface area contributed by atoms with Gasteiger partial charge in [0.1, 0.15) is 10.6 Å². The number of aromatic nitrogens is 2. The molecule has 0 saturated carbocycles. The Bertz CT molecular complexity index is 1340. The smallest absolute Gasteiger partial charge is 0.261 e. The first-order valence-electron chi connectivity index (χ1n) is 9.86. The number of nitrogens with zero attached hydrogens (tertiary/aromatic N) is 2. The van der Waals surface area contributed by atoms with Crippen LogP contribution in [0.3, 0.4) is 0 Å². The molecule has 3 aromatic rings. The zero-order valence-corrected chi connectivity index (χ0v) is 18.5. The molecule has 1 atom stereocenters. The molecule has 170 valence electrons. The number of aliphatic hydroxyl groups is 1. The lowest BCUT2D eigenvalue weighted by atomic mass is 10.0. The summed E-state index contributed by atoms with van der Waals surface area (Å²) in [5.74, 6) is -1.62. The van der Waals surface area contributed by atoms with E-state index < -0.39 is 31.9 Å². The van der Waals surface area contributed by atoms with Gasteiger partial charge in [0.15, 0.2) is 9.84 Å². The molecular formula is C22H24FN3O5S. The van der Waals surface area contributed by atoms with Crippen LogP contribution in [-0.4, -0.2) is 46.6 Å². The van der Waals surface area contributed by atoms with Crippen LogP contribution in [0.15, 0.2) is 47.5 Å². The fourth-order valence-electron chi connectivity index (χ4n) is 3.36. The number of fused-ring (bicyclic) bond motifs is 1. The summed E-state index contributed by atoms with van der Waals surface area (Å²) >= 11 is 0. The minimum Gasteiger partial charge on any atom is -0.396 e. The molecule has 0 aliphatic rings. The highest BCUT2D eigenvalue weighted by atomic mass is 32.2. The van der Waals surface area contributed by atoms with Gasteiger partial charge in [-0.2, -0.15) is 0 Å². The second kappa shape index (κ2) is 8.79. The van der Waals surface area contributed by atoms with Crippen molar-refractivity contribution in [3.8, 4) is 11.1 Å². The molecule has 8 nitrogen and oxygen atoms in total. The van der Waals surface area contributed by atoms with Gasteiger partial charge in [-0.3, -0.25) is 14.2 Å². The standard InChI is InChI=1S/C22H24FN3O5S/c1-22(21(24)29,32(2,30)31)8-9-26-13-25-19-12-16(18(23)11-17(19)20(26)28)15-5-3-14(4-6-15)7-10-27/h3-6,11-13,27H,7-10H2,1-2H3,(H2,24,29)/t22-/m1/s1. The monoisotopic (exact) mass is 461 g/mol. The van der Waals surface area contributed by atoms with Crippen molar-refractivity contribution in [1.29, 1.82) is 0 Å². The summed E-state index contributed by atoms with van der Waals surface area (Å²) in [5, 5.41) is 9.05. The Morgan fingerprint density at radius 2 is 1.91 bits per heavy atom. The fraction of sp³-hybridized carbons (Fsp3) is 0.318. The first-order valence-corrected chi connectivity index (χ1v) is 11.8. The van der Waals surface area contributed by atoms with Crippen molar-refractivity contribution in [2.24, 2.45) is 5.73 Å². The number of rotatable bonds is 8. The van der Waals surface area contributed by atoms with Gasteiger partial charge in [-0.25, -0.2) is 17.8 Å². The molecule has 0 bridgehead atoms. The van der Waals surface area contributed by atoms with E-state index in [4.69, 9.17) is 10.8 Å². The van der Waals surface area contributed by atoms with Crippen molar-refractivity contribution < 1.29 is 22.7 Å². The molecule has 0 fully saturated rings. The van der Waals surface area contributed by atoms with E-state index in [1.807, 2.05) is 0 Å². The third kappa shape index (κ3) is 4.42. The zero-order chi connectivity index (χ0) is 23.7. The Hall–Kier alpha value is -3.11. The molecule has 0 saturated heterocycles. The third-order valence-corrected chi connectivity index (χ3v) is 7.79. The predicted molar refractivity (Wildman–Crippen MR) is 119 cm³/mol. The summed E-state index contributed by atoms with van der Waals surface area (Å²) in [7, 11) is -3.82. The van der Waals surface area contributed by atoms with Crippen LogP contribution in [0, 0.1) is 5.82 Å². The number of hydrogen-bond donors (Lipinski definition) is 2. The summed E-state index contributed by atoms with van der Waals surface area (Å²) in [6.07, 6.45) is 2.41. The van der Waals surface area contributed by atoms with Crippen LogP contribution in [0.1, 0.15) is 18.9 Å². The average molecular weight is 462 g/mol. The number of nitrogens with two attached hydrogens (primary N) is 1. The number of carbonyl (C=O) groups excluding carboxylic acids is 1. The summed E-state index contributed by atoms with van der Waals surface area (Å²) < 4.78 is 38.2. The lowest BCUT2D eigenvalue weighted by Gasteiger charge is -2.24. The van der Waals surface area contributed by atoms with E-state index in [1.165, 1.54) is 19.3 Å². The van der Waals surface area contributed by atoms with Gasteiger partial charge in [-0.1, -0.05) is 24.3 Å². The fourth-order valence-corrected chi connectivity index (χ4v) is 4.19. The van der Waals surface area contributed by atoms with Crippen molar-refractivity contribution in [2.75, 3.05) is 12.9 Å². The highest BCUT2D eigenvalue weighted by Crippen LogP contribution is 2.27. The van der Waals surface area contributed by atoms with Crippen molar-refractivity contribution in [2.45, 2.75) is 31.1 Å². The van der Waals surface area contributed by atoms with Gasteiger partial charge in [0, 0.05) is 25.0 Å². The highest BCUT2D eigenvalue weighted by Gasteiger charge is 2.41. The van der Waals surface area contributed by atoms with Gasteiger partial charge in [0.05, 0.1) is 17.2 Å². The van der Waals surface area contributed by atoms with Crippen LogP contribution in [0.5, 0.6) is 0 Å². The van der Waals surface area contributed by atoms with Crippen LogP contribution in [0.2, 0.25) is 0 Å². The Kier molecular flexibility index (Phi) is 6.47. The van der Waals surface area contributed by atoms with Gasteiger partial charge >= 0.3 is 0 Å². The molecule has 1 heterocycles. The maximum absolute atomic E-state index is 14.8. The van der Waals surface area contributed by atoms with Gasteiger partial charge < -0.3 is 10.8 Å². The molecule has 0 aliphatic heterocycles. The molecule has 0 radical (unpaired) electrons. The molecule has 2 aromatic carbocycles. The third-order valence-electron chi connectivity index (χ3n) is 5.75. The van der Waals surface area contributed by atoms with Crippen LogP contribution in [0.25, 0.3) is 22.0 Å². The van der Waals surface area contributed by atoms with Gasteiger partial charge in [0.25, 0.3) is 5.56 Å². The van der Waals surface area contributed by atoms with Gasteiger partial charge in [0.2, 0.25) is 5.91 Å². The van der Waals surface area contributed by atoms with Gasteiger partial charge in [-0.15, -0.1) is 0 Å². The Balaban J connectivity index is 1.97. The number of benzene rings is 2. The van der Waals surface area contributed by atoms with E-state index in [-0.39, 0.29) is 36.0 Å². The highest BCUT2D eigenvalue weighted by molar-refractivity contribution is 7.92. The van der Waals surface area contributed by atoms with Crippen LogP contribution >= 0.6 is 0 Å². The number of aryl methyl sites for hydroxylation is 1. The Labute approximate surface area is 184 Å². The number of halogens is 1. The molecule has 3 rings (SSSR count). The molecular weight excluding hydrogens is 437 g/mol. The Morgan fingerprint density at radius 3 is 2.47 bits per heavy atom. The lowest BCUT2D eigenvalue weighted by molar-refractivity contribution is -0.120. The van der Waals surface area contributed by atoms with Crippen molar-refractivity contribution in [3.63, 3.8) is 0 Å². The van der Waals surface area contributed by atoms with E-state index in [0.29, 0.717) is 12.0 Å². The summed E-state index contributed by atoms with van der Waals surface area (Å²) in [6, 6.07) is 9.61. The summed E-state index contributed by atoms with van der Waals surface area (Å²) in [6.45, 7) is 1.09. The summed E-state index contributed by atoms with van der Waals surface area (Å²) in [4.78, 5) is 28.8. The average Bonchev–Trinajstić information content (AvgIpc) is 2.73. The van der Waals surface area contributed by atoms with Crippen LogP contribution in [0.4, 0.5) is 4.39 Å². The number of primary amides is 1. The van der Waals surface area contributed by atoms with Crippen molar-refractivity contribution >= 4 is 26.6 Å². The maximum Gasteiger partial charge on any atom is 0.261 e. The van der Waals surface area contributed by atoms with E-state index in [1.54, 1.807) is 24.3 Å². The number of carbonyl (C=O) groups is 1. The molecule has 0 aliphatic carbocycles. The number of amides is 1. The number of hydrogen-bond acceptors (Lipinski definition) is 6. The summed E-state index contributed by atoms with van der Waals surface area (Å²) in [5.41, 5.74) is 6.79. The quantitative estimate of drug-likeness (QED) is 0.521. The van der Waals surface area contributed by atoms with E-state index >= 15 is 0 Å². The molecule has 32 heavy (non-hydrogen) atoms. The van der Waals surface area contributed by atoms with Crippen LogP contribution in [-0.2, 0) is 27.6 Å². The molecule has 10 heteroatoms. The first kappa shape index (κ1) is 23.6. The molecule has 0 unspecified atom stereocenters. The van der Waals surface area contributed by atoms with E-state index in [0.717, 1.165) is 22.5 Å². The molecule has 1 amide bonds. The maximum atomic E-state index is 14.8. The van der Waals surface area contributed by atoms with Crippen molar-refractivity contribution in [3.05, 3.63) is 64.5 Å². The normalized spacial score (nSPS) is 13.8. The second-order valence-electron chi connectivity index (χ2n) is 7.88. The van der Waals surface area contributed by atoms with E-state index in [2.05, 4.69) is 4.98 Å². The van der Waals surface area contributed by atoms with Crippen molar-refractivity contribution in [1.82, 2.24) is 9.55 Å². The van der Waals surface area contributed by atoms with Gasteiger partial charge in [-0.05, 0) is 43.0 Å². The number of sulfone groups is 1. The zero-order valence-electron chi connectivity index (χ0n) is 17.7. The Morgan fingerprint density at radius 1 is 1.25 bits per heavy atom. The van der Waals surface area contributed by atoms with E-state index in [9.17, 15) is 22.4 Å². The minimum absolute atomic E-state index is 0.0165. The number of aliphatic hydroxyl groups excluding tert-OH is 1. The lowest BCUT2D eigenvalue weighted by Crippen LogP contribution is -2.48. The largest absolute Gasteiger partial charge is 0.396 e. The topological polar surface area (TPSA) is 132 Å². The first-order chi connectivity index (χ1) is 15.0. The molecule has 3 N–H and O–H groups in total. The second-order valence-corrected chi connectivity index (χ2v) is 10.3. The predicted octanol–water partition coefficient (Wildman–Crippen LogP) is 1.42. The minimum atomic E-state index is -3.82. The molecule has 1 aromatic heterocycles.